The van der Waals surface area contributed by atoms with Crippen molar-refractivity contribution in [3.05, 3.63) is 52.8 Å². The monoisotopic (exact) mass is 373 g/mol. The van der Waals surface area contributed by atoms with E-state index < -0.39 is 5.82 Å². The van der Waals surface area contributed by atoms with Crippen LogP contribution >= 0.6 is 0 Å². The molecule has 0 fully saturated rings. The van der Waals surface area contributed by atoms with Crippen molar-refractivity contribution in [1.82, 2.24) is 10.2 Å². The first-order chi connectivity index (χ1) is 13.0. The average Bonchev–Trinajstić information content (AvgIpc) is 2.66. The summed E-state index contributed by atoms with van der Waals surface area (Å²) >= 11 is 0. The third-order valence-electron chi connectivity index (χ3n) is 4.77. The van der Waals surface area contributed by atoms with Crippen molar-refractivity contribution in [3.8, 4) is 11.5 Å². The van der Waals surface area contributed by atoms with Crippen molar-refractivity contribution in [3.63, 3.8) is 0 Å². The molecule has 0 saturated carbocycles. The van der Waals surface area contributed by atoms with Crippen LogP contribution < -0.4 is 20.5 Å². The summed E-state index contributed by atoms with van der Waals surface area (Å²) in [5, 5.41) is 2.84. The number of ether oxygens (including phenoxy) is 2. The fourth-order valence-corrected chi connectivity index (χ4v) is 3.30. The molecule has 0 bridgehead atoms. The molecule has 0 aromatic heterocycles. The quantitative estimate of drug-likeness (QED) is 0.760. The van der Waals surface area contributed by atoms with E-state index in [2.05, 4.69) is 10.2 Å². The van der Waals surface area contributed by atoms with Gasteiger partial charge in [-0.05, 0) is 47.9 Å². The van der Waals surface area contributed by atoms with Crippen LogP contribution in [0.3, 0.4) is 0 Å². The first-order valence-corrected chi connectivity index (χ1v) is 8.81. The van der Waals surface area contributed by atoms with Crippen LogP contribution in [0.25, 0.3) is 0 Å². The third-order valence-corrected chi connectivity index (χ3v) is 4.77. The van der Waals surface area contributed by atoms with E-state index in [9.17, 15) is 9.18 Å². The minimum atomic E-state index is -0.455. The van der Waals surface area contributed by atoms with Gasteiger partial charge in [0, 0.05) is 31.9 Å². The molecule has 144 valence electrons. The summed E-state index contributed by atoms with van der Waals surface area (Å²) in [6, 6.07) is 7.83. The van der Waals surface area contributed by atoms with Crippen molar-refractivity contribution in [2.24, 2.45) is 0 Å². The van der Waals surface area contributed by atoms with E-state index >= 15 is 0 Å². The van der Waals surface area contributed by atoms with Gasteiger partial charge in [0.05, 0.1) is 19.8 Å². The van der Waals surface area contributed by atoms with E-state index in [0.29, 0.717) is 13.1 Å². The van der Waals surface area contributed by atoms with Crippen LogP contribution in [0.15, 0.2) is 30.3 Å². The van der Waals surface area contributed by atoms with E-state index in [4.69, 9.17) is 15.2 Å². The summed E-state index contributed by atoms with van der Waals surface area (Å²) in [6.45, 7) is 2.88. The smallest absolute Gasteiger partial charge is 0.253 e. The van der Waals surface area contributed by atoms with E-state index in [1.807, 2.05) is 12.1 Å². The average molecular weight is 373 g/mol. The lowest BCUT2D eigenvalue weighted by atomic mass is 9.99. The number of benzene rings is 2. The molecule has 3 rings (SSSR count). The SMILES string of the molecule is COc1cc2c(cc1OC)CN(CCNC(=O)c1ccc(F)cc1N)CC2. The zero-order valence-electron chi connectivity index (χ0n) is 15.5. The zero-order chi connectivity index (χ0) is 19.4. The van der Waals surface area contributed by atoms with Gasteiger partial charge in [0.2, 0.25) is 0 Å². The molecule has 0 saturated heterocycles. The minimum Gasteiger partial charge on any atom is -0.493 e. The summed E-state index contributed by atoms with van der Waals surface area (Å²) in [6.07, 6.45) is 0.911. The second kappa shape index (κ2) is 8.26. The normalized spacial score (nSPS) is 13.7. The number of nitrogens with two attached hydrogens (primary N) is 1. The van der Waals surface area contributed by atoms with E-state index in [0.717, 1.165) is 37.1 Å². The summed E-state index contributed by atoms with van der Waals surface area (Å²) in [4.78, 5) is 14.5. The molecule has 27 heavy (non-hydrogen) atoms. The lowest BCUT2D eigenvalue weighted by Gasteiger charge is -2.29. The molecule has 0 radical (unpaired) electrons. The molecule has 1 heterocycles. The predicted octanol–water partition coefficient (Wildman–Crippen LogP) is 2.21. The Bertz CT molecular complexity index is 841. The molecule has 0 unspecified atom stereocenters. The highest BCUT2D eigenvalue weighted by molar-refractivity contribution is 5.99. The molecular formula is C20H24FN3O3. The Morgan fingerprint density at radius 3 is 2.56 bits per heavy atom. The lowest BCUT2D eigenvalue weighted by molar-refractivity contribution is 0.0948. The Labute approximate surface area is 158 Å². The highest BCUT2D eigenvalue weighted by Gasteiger charge is 2.19. The molecule has 1 aliphatic rings. The first kappa shape index (κ1) is 19.0. The second-order valence-corrected chi connectivity index (χ2v) is 6.49. The van der Waals surface area contributed by atoms with E-state index in [1.54, 1.807) is 14.2 Å². The molecule has 2 aromatic carbocycles. The van der Waals surface area contributed by atoms with E-state index in [1.165, 1.54) is 23.3 Å². The number of halogens is 1. The minimum absolute atomic E-state index is 0.139. The number of methoxy groups -OCH3 is 2. The van der Waals surface area contributed by atoms with Gasteiger partial charge in [-0.3, -0.25) is 9.69 Å². The van der Waals surface area contributed by atoms with Gasteiger partial charge in [-0.25, -0.2) is 4.39 Å². The van der Waals surface area contributed by atoms with Crippen LogP contribution in [-0.2, 0) is 13.0 Å². The summed E-state index contributed by atoms with van der Waals surface area (Å²) in [5.74, 6) is 0.714. The van der Waals surface area contributed by atoms with Crippen molar-refractivity contribution in [2.45, 2.75) is 13.0 Å². The number of hydrogen-bond donors (Lipinski definition) is 2. The maximum Gasteiger partial charge on any atom is 0.253 e. The molecule has 7 heteroatoms. The number of nitrogen functional groups attached to an aromatic ring is 1. The fourth-order valence-electron chi connectivity index (χ4n) is 3.30. The molecule has 3 N–H and O–H groups in total. The van der Waals surface area contributed by atoms with Gasteiger partial charge < -0.3 is 20.5 Å². The third kappa shape index (κ3) is 4.31. The lowest BCUT2D eigenvalue weighted by Crippen LogP contribution is -2.38. The molecule has 0 atom stereocenters. The number of carbonyl (C=O) groups is 1. The Balaban J connectivity index is 1.56. The van der Waals surface area contributed by atoms with Crippen molar-refractivity contribution in [1.29, 1.82) is 0 Å². The van der Waals surface area contributed by atoms with Crippen molar-refractivity contribution >= 4 is 11.6 Å². The first-order valence-electron chi connectivity index (χ1n) is 8.81. The number of hydrogen-bond acceptors (Lipinski definition) is 5. The Morgan fingerprint density at radius 2 is 1.89 bits per heavy atom. The fraction of sp³-hybridized carbons (Fsp3) is 0.350. The highest BCUT2D eigenvalue weighted by Crippen LogP contribution is 2.33. The number of anilines is 1. The topological polar surface area (TPSA) is 76.8 Å². The summed E-state index contributed by atoms with van der Waals surface area (Å²) < 4.78 is 23.8. The molecule has 1 aliphatic heterocycles. The van der Waals surface area contributed by atoms with Gasteiger partial charge in [0.25, 0.3) is 5.91 Å². The zero-order valence-corrected chi connectivity index (χ0v) is 15.5. The Kier molecular flexibility index (Phi) is 5.81. The molecular weight excluding hydrogens is 349 g/mol. The van der Waals surface area contributed by atoms with Gasteiger partial charge in [0.15, 0.2) is 11.5 Å². The van der Waals surface area contributed by atoms with Crippen molar-refractivity contribution in [2.75, 3.05) is 39.6 Å². The van der Waals surface area contributed by atoms with E-state index in [-0.39, 0.29) is 17.2 Å². The Hall–Kier alpha value is -2.80. The highest BCUT2D eigenvalue weighted by atomic mass is 19.1. The van der Waals surface area contributed by atoms with Crippen molar-refractivity contribution < 1.29 is 18.7 Å². The van der Waals surface area contributed by atoms with Crippen LogP contribution in [0, 0.1) is 5.82 Å². The van der Waals surface area contributed by atoms with Gasteiger partial charge in [-0.1, -0.05) is 0 Å². The number of fused-ring (bicyclic) bond motifs is 1. The van der Waals surface area contributed by atoms with Crippen LogP contribution in [0.2, 0.25) is 0 Å². The molecule has 0 aliphatic carbocycles. The number of nitrogens with zero attached hydrogens (tertiary/aromatic N) is 1. The standard InChI is InChI=1S/C20H24FN3O3/c1-26-18-9-13-5-7-24(12-14(13)10-19(18)27-2)8-6-23-20(25)16-4-3-15(21)11-17(16)22/h3-4,9-11H,5-8,12,22H2,1-2H3,(H,23,25). The van der Waals surface area contributed by atoms with Crippen LogP contribution in [0.5, 0.6) is 11.5 Å². The number of amides is 1. The predicted molar refractivity (Wildman–Crippen MR) is 102 cm³/mol. The number of nitrogens with one attached hydrogen (secondary N) is 1. The molecule has 0 spiro atoms. The number of carbonyl (C=O) groups excluding carboxylic acids is 1. The molecule has 2 aromatic rings. The maximum atomic E-state index is 13.1. The van der Waals surface area contributed by atoms with Gasteiger partial charge in [-0.15, -0.1) is 0 Å². The van der Waals surface area contributed by atoms with Crippen LogP contribution in [0.1, 0.15) is 21.5 Å². The summed E-state index contributed by atoms with van der Waals surface area (Å²) in [7, 11) is 3.26. The maximum absolute atomic E-state index is 13.1. The largest absolute Gasteiger partial charge is 0.493 e. The summed E-state index contributed by atoms with van der Waals surface area (Å²) in [5.41, 5.74) is 8.59. The second-order valence-electron chi connectivity index (χ2n) is 6.49. The molecule has 1 amide bonds. The van der Waals surface area contributed by atoms with Gasteiger partial charge in [0.1, 0.15) is 5.82 Å². The number of rotatable bonds is 6. The Morgan fingerprint density at radius 1 is 1.19 bits per heavy atom. The van der Waals surface area contributed by atoms with Crippen LogP contribution in [0.4, 0.5) is 10.1 Å². The van der Waals surface area contributed by atoms with Gasteiger partial charge >= 0.3 is 0 Å². The van der Waals surface area contributed by atoms with Crippen LogP contribution in [-0.4, -0.2) is 44.7 Å². The molecule has 6 nitrogen and oxygen atoms in total. The van der Waals surface area contributed by atoms with Gasteiger partial charge in [-0.2, -0.15) is 0 Å².